The van der Waals surface area contributed by atoms with Crippen molar-refractivity contribution in [2.24, 2.45) is 0 Å². The summed E-state index contributed by atoms with van der Waals surface area (Å²) < 4.78 is 6.10. The van der Waals surface area contributed by atoms with Crippen molar-refractivity contribution in [3.8, 4) is 0 Å². The average molecular weight is 448 g/mol. The van der Waals surface area contributed by atoms with Crippen LogP contribution in [0.25, 0.3) is 0 Å². The molecule has 4 rings (SSSR count). The molecule has 2 N–H and O–H groups in total. The predicted molar refractivity (Wildman–Crippen MR) is 125 cm³/mol. The summed E-state index contributed by atoms with van der Waals surface area (Å²) in [4.78, 5) is 19.5. The first kappa shape index (κ1) is 22.6. The Bertz CT molecular complexity index is 760. The van der Waals surface area contributed by atoms with Gasteiger partial charge in [-0.2, -0.15) is 0 Å². The zero-order valence-electron chi connectivity index (χ0n) is 18.2. The van der Waals surface area contributed by atoms with E-state index in [0.29, 0.717) is 17.3 Å². The molecule has 3 heterocycles. The Balaban J connectivity index is 1.23. The van der Waals surface area contributed by atoms with Gasteiger partial charge < -0.3 is 24.8 Å². The largest absolute Gasteiger partial charge is 0.378 e. The summed E-state index contributed by atoms with van der Waals surface area (Å²) in [6, 6.07) is 5.55. The van der Waals surface area contributed by atoms with Crippen molar-refractivity contribution in [2.75, 3.05) is 70.5 Å². The molecule has 0 unspecified atom stereocenters. The molecule has 1 aromatic rings. The van der Waals surface area contributed by atoms with E-state index in [1.54, 1.807) is 0 Å². The van der Waals surface area contributed by atoms with Gasteiger partial charge in [-0.1, -0.05) is 17.7 Å². The molecule has 0 saturated carbocycles. The van der Waals surface area contributed by atoms with E-state index in [4.69, 9.17) is 16.3 Å². The fourth-order valence-corrected chi connectivity index (χ4v) is 4.64. The van der Waals surface area contributed by atoms with Gasteiger partial charge in [0, 0.05) is 70.7 Å². The minimum atomic E-state index is 0.0732. The monoisotopic (exact) mass is 447 g/mol. The van der Waals surface area contributed by atoms with Crippen molar-refractivity contribution in [1.82, 2.24) is 20.4 Å². The minimum Gasteiger partial charge on any atom is -0.378 e. The summed E-state index contributed by atoms with van der Waals surface area (Å²) in [5.74, 6) is 0.0732. The molecule has 1 amide bonds. The molecule has 31 heavy (non-hydrogen) atoms. The lowest BCUT2D eigenvalue weighted by molar-refractivity contribution is 0.00513. The van der Waals surface area contributed by atoms with Gasteiger partial charge >= 0.3 is 0 Å². The number of piperidine rings is 1. The number of piperazine rings is 1. The number of carbonyl (C=O) groups is 1. The number of anilines is 1. The van der Waals surface area contributed by atoms with E-state index < -0.39 is 0 Å². The molecule has 2 saturated heterocycles. The molecule has 0 spiro atoms. The number of likely N-dealkylation sites (tertiary alicyclic amines) is 1. The highest BCUT2D eigenvalue weighted by atomic mass is 35.5. The number of nitrogens with one attached hydrogen (secondary N) is 2. The van der Waals surface area contributed by atoms with Crippen LogP contribution < -0.4 is 15.5 Å². The van der Waals surface area contributed by atoms with E-state index >= 15 is 0 Å². The number of ether oxygens (including phenoxy) is 1. The van der Waals surface area contributed by atoms with Crippen LogP contribution in [-0.4, -0.2) is 87.4 Å². The first-order valence-electron chi connectivity index (χ1n) is 11.5. The molecule has 8 heteroatoms. The van der Waals surface area contributed by atoms with Gasteiger partial charge in [-0.25, -0.2) is 0 Å². The van der Waals surface area contributed by atoms with E-state index in [9.17, 15) is 4.79 Å². The second-order valence-electron chi connectivity index (χ2n) is 8.44. The maximum Gasteiger partial charge on any atom is 0.253 e. The Morgan fingerprint density at radius 2 is 1.94 bits per heavy atom. The van der Waals surface area contributed by atoms with Crippen LogP contribution in [0.15, 0.2) is 30.5 Å². The third-order valence-corrected chi connectivity index (χ3v) is 6.56. The Labute approximate surface area is 190 Å². The number of amides is 1. The first-order valence-corrected chi connectivity index (χ1v) is 11.9. The van der Waals surface area contributed by atoms with E-state index in [1.165, 1.54) is 0 Å². The summed E-state index contributed by atoms with van der Waals surface area (Å²) in [7, 11) is 0. The number of hydrogen-bond donors (Lipinski definition) is 2. The van der Waals surface area contributed by atoms with E-state index in [1.807, 2.05) is 40.3 Å². The fourth-order valence-electron chi connectivity index (χ4n) is 4.41. The van der Waals surface area contributed by atoms with Gasteiger partial charge in [0.15, 0.2) is 0 Å². The average Bonchev–Trinajstić information content (AvgIpc) is 2.83. The number of hydrogen-bond acceptors (Lipinski definition) is 6. The molecule has 0 radical (unpaired) electrons. The maximum absolute atomic E-state index is 13.1. The second kappa shape index (κ2) is 11.3. The van der Waals surface area contributed by atoms with Crippen molar-refractivity contribution in [1.29, 1.82) is 0 Å². The molecule has 170 valence electrons. The molecule has 2 fully saturated rings. The van der Waals surface area contributed by atoms with Crippen LogP contribution in [0.4, 0.5) is 5.69 Å². The van der Waals surface area contributed by atoms with Crippen LogP contribution in [0.5, 0.6) is 0 Å². The molecule has 3 aliphatic rings. The quantitative estimate of drug-likeness (QED) is 0.624. The molecule has 3 aliphatic heterocycles. The van der Waals surface area contributed by atoms with Gasteiger partial charge in [0.2, 0.25) is 0 Å². The molecule has 7 nitrogen and oxygen atoms in total. The molecule has 1 aromatic carbocycles. The Morgan fingerprint density at radius 1 is 1.13 bits per heavy atom. The van der Waals surface area contributed by atoms with Gasteiger partial charge in [0.05, 0.1) is 23.5 Å². The Kier molecular flexibility index (Phi) is 8.21. The van der Waals surface area contributed by atoms with Gasteiger partial charge in [0.25, 0.3) is 5.91 Å². The molecule has 0 aliphatic carbocycles. The summed E-state index contributed by atoms with van der Waals surface area (Å²) in [5.41, 5.74) is 1.55. The molecule has 0 atom stereocenters. The zero-order chi connectivity index (χ0) is 21.5. The highest BCUT2D eigenvalue weighted by molar-refractivity contribution is 6.33. The number of nitrogens with zero attached hydrogens (tertiary/aromatic N) is 3. The minimum absolute atomic E-state index is 0.0732. The fraction of sp³-hybridized carbons (Fsp3) is 0.609. The third kappa shape index (κ3) is 6.20. The topological polar surface area (TPSA) is 60.1 Å². The molecular weight excluding hydrogens is 414 g/mol. The lowest BCUT2D eigenvalue weighted by Crippen LogP contribution is -2.44. The van der Waals surface area contributed by atoms with Crippen molar-refractivity contribution >= 4 is 23.2 Å². The van der Waals surface area contributed by atoms with Gasteiger partial charge in [-0.3, -0.25) is 10.1 Å². The van der Waals surface area contributed by atoms with Crippen molar-refractivity contribution < 1.29 is 9.53 Å². The predicted octanol–water partition coefficient (Wildman–Crippen LogP) is 2.14. The van der Waals surface area contributed by atoms with Crippen LogP contribution in [-0.2, 0) is 4.74 Å². The molecule has 0 bridgehead atoms. The Morgan fingerprint density at radius 3 is 2.68 bits per heavy atom. The van der Waals surface area contributed by atoms with Crippen molar-refractivity contribution in [3.63, 3.8) is 0 Å². The number of benzene rings is 1. The van der Waals surface area contributed by atoms with E-state index in [0.717, 1.165) is 83.9 Å². The SMILES string of the molecule is O=C(c1ccc(Cl)c(N2C=CCNC2)c1)N1CCC(OCCCN2CCNCC2)CC1. The smallest absolute Gasteiger partial charge is 0.253 e. The van der Waals surface area contributed by atoms with Gasteiger partial charge in [-0.05, 0) is 37.5 Å². The zero-order valence-corrected chi connectivity index (χ0v) is 18.9. The first-order chi connectivity index (χ1) is 15.2. The van der Waals surface area contributed by atoms with Crippen molar-refractivity contribution in [3.05, 3.63) is 41.1 Å². The summed E-state index contributed by atoms with van der Waals surface area (Å²) in [6.45, 7) is 9.39. The summed E-state index contributed by atoms with van der Waals surface area (Å²) >= 11 is 6.40. The van der Waals surface area contributed by atoms with Crippen molar-refractivity contribution in [2.45, 2.75) is 25.4 Å². The number of halogens is 1. The Hall–Kier alpha value is -1.64. The second-order valence-corrected chi connectivity index (χ2v) is 8.85. The van der Waals surface area contributed by atoms with Crippen LogP contribution in [0, 0.1) is 0 Å². The maximum atomic E-state index is 13.1. The van der Waals surface area contributed by atoms with Gasteiger partial charge in [0.1, 0.15) is 0 Å². The molecule has 0 aromatic heterocycles. The lowest BCUT2D eigenvalue weighted by atomic mass is 10.1. The molecular formula is C23H34ClN5O2. The van der Waals surface area contributed by atoms with Crippen LogP contribution in [0.1, 0.15) is 29.6 Å². The lowest BCUT2D eigenvalue weighted by Gasteiger charge is -2.33. The highest BCUT2D eigenvalue weighted by Crippen LogP contribution is 2.28. The number of carbonyl (C=O) groups excluding carboxylic acids is 1. The third-order valence-electron chi connectivity index (χ3n) is 6.24. The highest BCUT2D eigenvalue weighted by Gasteiger charge is 2.25. The van der Waals surface area contributed by atoms with Crippen LogP contribution >= 0.6 is 11.6 Å². The van der Waals surface area contributed by atoms with Crippen LogP contribution in [0.3, 0.4) is 0 Å². The summed E-state index contributed by atoms with van der Waals surface area (Å²) in [5, 5.41) is 7.32. The summed E-state index contributed by atoms with van der Waals surface area (Å²) in [6.07, 6.45) is 7.20. The number of rotatable bonds is 7. The van der Waals surface area contributed by atoms with Gasteiger partial charge in [-0.15, -0.1) is 0 Å². The van der Waals surface area contributed by atoms with E-state index in [-0.39, 0.29) is 12.0 Å². The normalized spacial score (nSPS) is 20.9. The van der Waals surface area contributed by atoms with E-state index in [2.05, 4.69) is 15.5 Å². The van der Waals surface area contributed by atoms with Crippen LogP contribution in [0.2, 0.25) is 5.02 Å². The standard InChI is InChI=1S/C23H34ClN5O2/c24-21-4-3-19(17-22(21)29-11-1-7-26-18-29)23(30)28-12-5-20(6-13-28)31-16-2-10-27-14-8-25-9-15-27/h1,3-4,11,17,20,25-26H,2,5-10,12-16,18H2.